The predicted molar refractivity (Wildman–Crippen MR) is 32.9 cm³/mol. The van der Waals surface area contributed by atoms with Gasteiger partial charge >= 0.3 is 0 Å². The van der Waals surface area contributed by atoms with Crippen molar-refractivity contribution < 1.29 is 0 Å². The van der Waals surface area contributed by atoms with E-state index in [9.17, 15) is 0 Å². The first-order valence-corrected chi connectivity index (χ1v) is 2.82. The van der Waals surface area contributed by atoms with E-state index in [4.69, 9.17) is 5.73 Å². The van der Waals surface area contributed by atoms with Crippen molar-refractivity contribution in [1.82, 2.24) is 0 Å². The highest BCUT2D eigenvalue weighted by Crippen LogP contribution is 2.05. The van der Waals surface area contributed by atoms with Gasteiger partial charge in [-0.1, -0.05) is 20.3 Å². The molecule has 1 radical (unpaired) electrons. The van der Waals surface area contributed by atoms with Gasteiger partial charge in [-0.25, -0.2) is 0 Å². The second-order valence-electron chi connectivity index (χ2n) is 1.85. The first-order valence-electron chi connectivity index (χ1n) is 2.82. The van der Waals surface area contributed by atoms with Gasteiger partial charge in [0, 0.05) is 0 Å². The van der Waals surface area contributed by atoms with E-state index < -0.39 is 0 Å². The quantitative estimate of drug-likeness (QED) is 0.569. The van der Waals surface area contributed by atoms with Gasteiger partial charge in [-0.05, 0) is 18.9 Å². The minimum atomic E-state index is 0.805. The molecule has 0 bridgehead atoms. The minimum absolute atomic E-state index is 0.805. The molecule has 7 heavy (non-hydrogen) atoms. The van der Waals surface area contributed by atoms with E-state index in [1.807, 2.05) is 0 Å². The van der Waals surface area contributed by atoms with E-state index in [0.29, 0.717) is 0 Å². The Hall–Kier alpha value is -0.0400. The largest absolute Gasteiger partial charge is 0.330 e. The third kappa shape index (κ3) is 3.80. The summed E-state index contributed by atoms with van der Waals surface area (Å²) >= 11 is 0. The van der Waals surface area contributed by atoms with Crippen LogP contribution in [0, 0.1) is 5.92 Å². The molecule has 0 aliphatic rings. The van der Waals surface area contributed by atoms with Crippen molar-refractivity contribution in [3.05, 3.63) is 5.92 Å². The van der Waals surface area contributed by atoms with E-state index in [1.54, 1.807) is 0 Å². The molecule has 0 saturated carbocycles. The van der Waals surface area contributed by atoms with Crippen LogP contribution in [0.3, 0.4) is 0 Å². The zero-order valence-electron chi connectivity index (χ0n) is 5.20. The molecule has 2 N–H and O–H groups in total. The second-order valence-corrected chi connectivity index (χ2v) is 1.85. The maximum absolute atomic E-state index is 5.28. The molecular weight excluding hydrogens is 86.1 g/mol. The van der Waals surface area contributed by atoms with Crippen LogP contribution in [0.4, 0.5) is 0 Å². The van der Waals surface area contributed by atoms with Crippen molar-refractivity contribution in [2.45, 2.75) is 26.7 Å². The van der Waals surface area contributed by atoms with E-state index >= 15 is 0 Å². The van der Waals surface area contributed by atoms with Crippen LogP contribution in [-0.4, -0.2) is 6.54 Å². The Morgan fingerprint density at radius 2 is 2.14 bits per heavy atom. The smallest absolute Gasteiger partial charge is 0.00719 e. The number of hydrogen-bond acceptors (Lipinski definition) is 1. The summed E-state index contributed by atoms with van der Waals surface area (Å²) in [4.78, 5) is 0. The lowest BCUT2D eigenvalue weighted by atomic mass is 10.1. The Labute approximate surface area is 45.9 Å². The molecule has 0 aliphatic heterocycles. The summed E-state index contributed by atoms with van der Waals surface area (Å²) in [5, 5.41) is 0. The Kier molecular flexibility index (Phi) is 4.10. The highest BCUT2D eigenvalue weighted by Gasteiger charge is 1.93. The minimum Gasteiger partial charge on any atom is -0.330 e. The molecule has 1 nitrogen and oxygen atoms in total. The first kappa shape index (κ1) is 6.96. The van der Waals surface area contributed by atoms with Gasteiger partial charge in [0.2, 0.25) is 0 Å². The fourth-order valence-corrected chi connectivity index (χ4v) is 0.423. The molecule has 43 valence electrons. The Morgan fingerprint density at radius 3 is 2.29 bits per heavy atom. The Bertz CT molecular complexity index is 35.2. The van der Waals surface area contributed by atoms with Crippen LogP contribution in [0.1, 0.15) is 26.7 Å². The van der Waals surface area contributed by atoms with Gasteiger partial charge in [-0.15, -0.1) is 0 Å². The van der Waals surface area contributed by atoms with Crippen LogP contribution in [0.5, 0.6) is 0 Å². The van der Waals surface area contributed by atoms with Crippen molar-refractivity contribution in [2.24, 2.45) is 5.73 Å². The SMILES string of the molecule is CC[C](C)CCN. The highest BCUT2D eigenvalue weighted by molar-refractivity contribution is 4.81. The number of rotatable bonds is 3. The molecular formula is C6H14N. The Morgan fingerprint density at radius 1 is 1.57 bits per heavy atom. The average molecular weight is 100 g/mol. The molecule has 0 aromatic heterocycles. The van der Waals surface area contributed by atoms with Crippen molar-refractivity contribution in [3.8, 4) is 0 Å². The molecule has 0 atom stereocenters. The summed E-state index contributed by atoms with van der Waals surface area (Å²) in [5.41, 5.74) is 5.28. The van der Waals surface area contributed by atoms with Crippen LogP contribution in [0.25, 0.3) is 0 Å². The maximum atomic E-state index is 5.28. The molecule has 0 saturated heterocycles. The molecule has 0 heterocycles. The molecule has 0 unspecified atom stereocenters. The maximum Gasteiger partial charge on any atom is -0.00719 e. The molecule has 0 aliphatic carbocycles. The van der Waals surface area contributed by atoms with Crippen LogP contribution in [-0.2, 0) is 0 Å². The molecule has 0 aromatic rings. The fourth-order valence-electron chi connectivity index (χ4n) is 0.423. The summed E-state index contributed by atoms with van der Waals surface area (Å²) < 4.78 is 0. The van der Waals surface area contributed by atoms with Crippen molar-refractivity contribution in [2.75, 3.05) is 6.54 Å². The van der Waals surface area contributed by atoms with E-state index in [1.165, 1.54) is 12.3 Å². The van der Waals surface area contributed by atoms with E-state index in [0.717, 1.165) is 13.0 Å². The summed E-state index contributed by atoms with van der Waals surface area (Å²) in [6.07, 6.45) is 2.27. The highest BCUT2D eigenvalue weighted by atomic mass is 14.5. The third-order valence-corrected chi connectivity index (χ3v) is 1.17. The van der Waals surface area contributed by atoms with Crippen LogP contribution in [0.15, 0.2) is 0 Å². The molecule has 1 heteroatoms. The van der Waals surface area contributed by atoms with Crippen molar-refractivity contribution in [1.29, 1.82) is 0 Å². The second kappa shape index (κ2) is 4.13. The van der Waals surface area contributed by atoms with Crippen molar-refractivity contribution >= 4 is 0 Å². The number of hydrogen-bond donors (Lipinski definition) is 1. The number of nitrogens with two attached hydrogens (primary N) is 1. The van der Waals surface area contributed by atoms with Crippen LogP contribution in [0.2, 0.25) is 0 Å². The van der Waals surface area contributed by atoms with Gasteiger partial charge in [-0.2, -0.15) is 0 Å². The normalized spacial score (nSPS) is 10.3. The standard InChI is InChI=1S/C6H14N/c1-3-6(2)4-5-7/h3-5,7H2,1-2H3. The molecule has 0 rings (SSSR count). The zero-order valence-corrected chi connectivity index (χ0v) is 5.20. The lowest BCUT2D eigenvalue weighted by Crippen LogP contribution is -2.02. The van der Waals surface area contributed by atoms with Gasteiger partial charge in [0.25, 0.3) is 0 Å². The van der Waals surface area contributed by atoms with E-state index in [-0.39, 0.29) is 0 Å². The summed E-state index contributed by atoms with van der Waals surface area (Å²) in [6, 6.07) is 0. The van der Waals surface area contributed by atoms with Gasteiger partial charge < -0.3 is 5.73 Å². The van der Waals surface area contributed by atoms with Crippen LogP contribution < -0.4 is 5.73 Å². The molecule has 0 spiro atoms. The van der Waals surface area contributed by atoms with Gasteiger partial charge in [0.05, 0.1) is 0 Å². The van der Waals surface area contributed by atoms with Gasteiger partial charge in [-0.3, -0.25) is 0 Å². The average Bonchev–Trinajstić information content (AvgIpc) is 1.68. The Balaban J connectivity index is 2.83. The molecule has 0 amide bonds. The zero-order chi connectivity index (χ0) is 5.70. The summed E-state index contributed by atoms with van der Waals surface area (Å²) in [6.45, 7) is 5.11. The first-order chi connectivity index (χ1) is 3.31. The lowest BCUT2D eigenvalue weighted by Gasteiger charge is -2.01. The van der Waals surface area contributed by atoms with Gasteiger partial charge in [0.15, 0.2) is 0 Å². The third-order valence-electron chi connectivity index (χ3n) is 1.17. The van der Waals surface area contributed by atoms with Crippen LogP contribution >= 0.6 is 0 Å². The molecule has 0 fully saturated rings. The molecule has 0 aromatic carbocycles. The fraction of sp³-hybridized carbons (Fsp3) is 0.833. The monoisotopic (exact) mass is 100 g/mol. The summed E-state index contributed by atoms with van der Waals surface area (Å²) in [5.74, 6) is 1.50. The lowest BCUT2D eigenvalue weighted by molar-refractivity contribution is 0.771. The van der Waals surface area contributed by atoms with Gasteiger partial charge in [0.1, 0.15) is 0 Å². The topological polar surface area (TPSA) is 26.0 Å². The van der Waals surface area contributed by atoms with Crippen molar-refractivity contribution in [3.63, 3.8) is 0 Å². The summed E-state index contributed by atoms with van der Waals surface area (Å²) in [7, 11) is 0. The van der Waals surface area contributed by atoms with E-state index in [2.05, 4.69) is 13.8 Å². The predicted octanol–water partition coefficient (Wildman–Crippen LogP) is 1.34.